The molecule has 2 aromatic heterocycles. The number of fused-ring (bicyclic) bond motifs is 1. The quantitative estimate of drug-likeness (QED) is 0.647. The number of hydrogen-bond donors (Lipinski definition) is 2. The molecule has 0 unspecified atom stereocenters. The molecule has 0 aliphatic rings. The molecule has 0 atom stereocenters. The Morgan fingerprint density at radius 1 is 1.12 bits per heavy atom. The van der Waals surface area contributed by atoms with Crippen LogP contribution >= 0.6 is 0 Å². The van der Waals surface area contributed by atoms with Gasteiger partial charge >= 0.3 is 0 Å². The second-order valence-corrected chi connectivity index (χ2v) is 3.75. The summed E-state index contributed by atoms with van der Waals surface area (Å²) in [6.45, 7) is 0. The maximum atomic E-state index is 5.88. The number of aromatic amines is 1. The van der Waals surface area contributed by atoms with E-state index in [-0.39, 0.29) is 0 Å². The zero-order valence-corrected chi connectivity index (χ0v) is 8.64. The lowest BCUT2D eigenvalue weighted by molar-refractivity contribution is 1.33. The maximum absolute atomic E-state index is 5.88. The number of hydrogen-bond acceptors (Lipinski definition) is 2. The van der Waals surface area contributed by atoms with Crippen molar-refractivity contribution >= 4 is 16.6 Å². The summed E-state index contributed by atoms with van der Waals surface area (Å²) >= 11 is 0. The number of benzene rings is 1. The van der Waals surface area contributed by atoms with Gasteiger partial charge in [-0.2, -0.15) is 0 Å². The Hall–Kier alpha value is -2.29. The number of rotatable bonds is 1. The Morgan fingerprint density at radius 2 is 2.06 bits per heavy atom. The Balaban J connectivity index is 2.22. The van der Waals surface area contributed by atoms with Crippen LogP contribution in [0.2, 0.25) is 0 Å². The summed E-state index contributed by atoms with van der Waals surface area (Å²) in [7, 11) is 0. The van der Waals surface area contributed by atoms with Crippen LogP contribution in [0.15, 0.2) is 48.9 Å². The molecule has 0 aliphatic carbocycles. The number of nitrogens with one attached hydrogen (secondary N) is 1. The molecule has 0 saturated carbocycles. The second kappa shape index (κ2) is 3.38. The average molecular weight is 209 g/mol. The highest BCUT2D eigenvalue weighted by Crippen LogP contribution is 2.26. The number of aromatic nitrogens is 2. The molecular weight excluding hydrogens is 198 g/mol. The summed E-state index contributed by atoms with van der Waals surface area (Å²) in [5, 5.41) is 1.06. The molecule has 3 heteroatoms. The van der Waals surface area contributed by atoms with Gasteiger partial charge in [0.25, 0.3) is 0 Å². The van der Waals surface area contributed by atoms with Crippen LogP contribution in [0, 0.1) is 0 Å². The number of pyridine rings is 1. The van der Waals surface area contributed by atoms with Crippen molar-refractivity contribution in [3.05, 3.63) is 48.9 Å². The Labute approximate surface area is 92.9 Å². The van der Waals surface area contributed by atoms with Crippen LogP contribution in [0.25, 0.3) is 22.0 Å². The van der Waals surface area contributed by atoms with Crippen molar-refractivity contribution in [2.75, 3.05) is 5.73 Å². The summed E-state index contributed by atoms with van der Waals surface area (Å²) in [6.07, 6.45) is 5.44. The fourth-order valence-electron chi connectivity index (χ4n) is 1.86. The third-order valence-corrected chi connectivity index (χ3v) is 2.71. The van der Waals surface area contributed by atoms with Crippen molar-refractivity contribution in [1.29, 1.82) is 0 Å². The Kier molecular flexibility index (Phi) is 1.90. The normalized spacial score (nSPS) is 10.8. The van der Waals surface area contributed by atoms with E-state index in [2.05, 4.69) is 22.1 Å². The van der Waals surface area contributed by atoms with E-state index in [1.165, 1.54) is 0 Å². The molecule has 3 aromatic rings. The van der Waals surface area contributed by atoms with Crippen LogP contribution in [0.1, 0.15) is 0 Å². The van der Waals surface area contributed by atoms with Gasteiger partial charge in [-0.3, -0.25) is 4.98 Å². The summed E-state index contributed by atoms with van der Waals surface area (Å²) in [4.78, 5) is 7.24. The minimum atomic E-state index is 0.778. The first-order valence-corrected chi connectivity index (χ1v) is 5.11. The second-order valence-electron chi connectivity index (χ2n) is 3.75. The van der Waals surface area contributed by atoms with Crippen molar-refractivity contribution < 1.29 is 0 Å². The third kappa shape index (κ3) is 1.34. The number of H-pyrrole nitrogens is 1. The average Bonchev–Trinajstić information content (AvgIpc) is 2.72. The van der Waals surface area contributed by atoms with Crippen LogP contribution in [0.3, 0.4) is 0 Å². The molecule has 1 aromatic carbocycles. The molecule has 0 radical (unpaired) electrons. The van der Waals surface area contributed by atoms with Crippen LogP contribution in [0.5, 0.6) is 0 Å². The predicted octanol–water partition coefficient (Wildman–Crippen LogP) is 2.81. The minimum Gasteiger partial charge on any atom is -0.397 e. The molecule has 0 fully saturated rings. The first kappa shape index (κ1) is 8.97. The van der Waals surface area contributed by atoms with E-state index in [1.54, 1.807) is 6.20 Å². The SMILES string of the molecule is Nc1c[nH]c2ccc(-c3cccnc3)cc12. The summed E-state index contributed by atoms with van der Waals surface area (Å²) < 4.78 is 0. The van der Waals surface area contributed by atoms with E-state index in [1.807, 2.05) is 30.6 Å². The molecule has 0 saturated heterocycles. The van der Waals surface area contributed by atoms with Crippen molar-refractivity contribution in [2.45, 2.75) is 0 Å². The molecule has 0 bridgehead atoms. The zero-order valence-electron chi connectivity index (χ0n) is 8.64. The lowest BCUT2D eigenvalue weighted by atomic mass is 10.1. The molecule has 3 rings (SSSR count). The van der Waals surface area contributed by atoms with Crippen LogP contribution in [-0.2, 0) is 0 Å². The standard InChI is InChI=1S/C13H11N3/c14-12-8-16-13-4-3-9(6-11(12)13)10-2-1-5-15-7-10/h1-8,16H,14H2. The third-order valence-electron chi connectivity index (χ3n) is 2.71. The van der Waals surface area contributed by atoms with Gasteiger partial charge in [0.1, 0.15) is 0 Å². The molecule has 3 nitrogen and oxygen atoms in total. The first-order valence-electron chi connectivity index (χ1n) is 5.11. The predicted molar refractivity (Wildman–Crippen MR) is 65.9 cm³/mol. The molecule has 0 aliphatic heterocycles. The fourth-order valence-corrected chi connectivity index (χ4v) is 1.86. The number of nitrogens with zero attached hydrogens (tertiary/aromatic N) is 1. The van der Waals surface area contributed by atoms with E-state index in [0.717, 1.165) is 27.7 Å². The summed E-state index contributed by atoms with van der Waals surface area (Å²) in [5.74, 6) is 0. The zero-order chi connectivity index (χ0) is 11.0. The minimum absolute atomic E-state index is 0.778. The van der Waals surface area contributed by atoms with E-state index in [0.29, 0.717) is 0 Å². The van der Waals surface area contributed by atoms with E-state index in [4.69, 9.17) is 5.73 Å². The van der Waals surface area contributed by atoms with Crippen molar-refractivity contribution in [3.63, 3.8) is 0 Å². The lowest BCUT2D eigenvalue weighted by Crippen LogP contribution is -1.82. The van der Waals surface area contributed by atoms with E-state index in [9.17, 15) is 0 Å². The molecule has 78 valence electrons. The molecule has 0 spiro atoms. The fraction of sp³-hybridized carbons (Fsp3) is 0. The van der Waals surface area contributed by atoms with Gasteiger partial charge in [0.05, 0.1) is 5.69 Å². The number of nitrogens with two attached hydrogens (primary N) is 1. The molecule has 0 amide bonds. The van der Waals surface area contributed by atoms with Crippen LogP contribution in [0.4, 0.5) is 5.69 Å². The highest BCUT2D eigenvalue weighted by atomic mass is 14.7. The van der Waals surface area contributed by atoms with Crippen molar-refractivity contribution in [2.24, 2.45) is 0 Å². The largest absolute Gasteiger partial charge is 0.397 e. The summed E-state index contributed by atoms with van der Waals surface area (Å²) in [6, 6.07) is 10.2. The highest BCUT2D eigenvalue weighted by molar-refractivity contribution is 5.94. The van der Waals surface area contributed by atoms with E-state index < -0.39 is 0 Å². The molecule has 16 heavy (non-hydrogen) atoms. The van der Waals surface area contributed by atoms with E-state index >= 15 is 0 Å². The van der Waals surface area contributed by atoms with Gasteiger partial charge in [-0.15, -0.1) is 0 Å². The smallest absolute Gasteiger partial charge is 0.0572 e. The van der Waals surface area contributed by atoms with Crippen LogP contribution < -0.4 is 5.73 Å². The lowest BCUT2D eigenvalue weighted by Gasteiger charge is -2.01. The van der Waals surface area contributed by atoms with Gasteiger partial charge in [0.15, 0.2) is 0 Å². The molecule has 3 N–H and O–H groups in total. The summed E-state index contributed by atoms with van der Waals surface area (Å²) in [5.41, 5.74) is 9.95. The van der Waals surface area contributed by atoms with Gasteiger partial charge in [0.2, 0.25) is 0 Å². The number of nitrogen functional groups attached to an aromatic ring is 1. The monoisotopic (exact) mass is 209 g/mol. The topological polar surface area (TPSA) is 54.7 Å². The molecule has 2 heterocycles. The van der Waals surface area contributed by atoms with Gasteiger partial charge in [-0.1, -0.05) is 12.1 Å². The Bertz CT molecular complexity index is 626. The first-order chi connectivity index (χ1) is 7.84. The maximum Gasteiger partial charge on any atom is 0.0572 e. The highest BCUT2D eigenvalue weighted by Gasteiger charge is 2.03. The van der Waals surface area contributed by atoms with Crippen molar-refractivity contribution in [3.8, 4) is 11.1 Å². The van der Waals surface area contributed by atoms with Crippen molar-refractivity contribution in [1.82, 2.24) is 9.97 Å². The molecular formula is C13H11N3. The van der Waals surface area contributed by atoms with Gasteiger partial charge in [-0.05, 0) is 23.8 Å². The Morgan fingerprint density at radius 3 is 2.88 bits per heavy atom. The number of anilines is 1. The van der Waals surface area contributed by atoms with Gasteiger partial charge < -0.3 is 10.7 Å². The van der Waals surface area contributed by atoms with Gasteiger partial charge in [-0.25, -0.2) is 0 Å². The van der Waals surface area contributed by atoms with Crippen LogP contribution in [-0.4, -0.2) is 9.97 Å². The van der Waals surface area contributed by atoms with Gasteiger partial charge in [0, 0.05) is 35.1 Å².